The van der Waals surface area contributed by atoms with Crippen molar-refractivity contribution in [3.05, 3.63) is 53.6 Å². The Balaban J connectivity index is 0.00000176. The van der Waals surface area contributed by atoms with Gasteiger partial charge in [-0.05, 0) is 36.8 Å². The first kappa shape index (κ1) is 17.7. The molecule has 0 fully saturated rings. The summed E-state index contributed by atoms with van der Waals surface area (Å²) in [4.78, 5) is 0.742. The quantitative estimate of drug-likeness (QED) is 0.431. The maximum absolute atomic E-state index is 11.9. The second kappa shape index (κ2) is 6.07. The van der Waals surface area contributed by atoms with Crippen molar-refractivity contribution in [2.24, 2.45) is 0 Å². The first-order chi connectivity index (χ1) is 9.82. The zero-order valence-corrected chi connectivity index (χ0v) is 15.8. The monoisotopic (exact) mass is 344 g/mol. The zero-order chi connectivity index (χ0) is 15.3. The van der Waals surface area contributed by atoms with E-state index in [-0.39, 0.29) is 29.6 Å². The smallest absolute Gasteiger partial charge is 0.745 e. The molecule has 2 aromatic carbocycles. The molecule has 0 amide bonds. The summed E-state index contributed by atoms with van der Waals surface area (Å²) in [5.41, 5.74) is 8.14. The van der Waals surface area contributed by atoms with Crippen molar-refractivity contribution in [3.63, 3.8) is 0 Å². The number of aryl methyl sites for hydroxylation is 1. The summed E-state index contributed by atoms with van der Waals surface area (Å²) >= 11 is 1.01. The van der Waals surface area contributed by atoms with Gasteiger partial charge in [-0.3, -0.25) is 0 Å². The summed E-state index contributed by atoms with van der Waals surface area (Å²) in [6.07, 6.45) is 0. The Kier molecular flexibility index (Phi) is 4.87. The minimum absolute atomic E-state index is 0. The fourth-order valence-electron chi connectivity index (χ4n) is 2.27. The molecule has 1 atom stereocenters. The van der Waals surface area contributed by atoms with Crippen LogP contribution in [0.5, 0.6) is 0 Å². The van der Waals surface area contributed by atoms with Gasteiger partial charge in [0.2, 0.25) is 4.20 Å². The maximum atomic E-state index is 11.9. The van der Waals surface area contributed by atoms with Crippen molar-refractivity contribution in [1.82, 2.24) is 0 Å². The van der Waals surface area contributed by atoms with Crippen molar-refractivity contribution >= 4 is 33.3 Å². The van der Waals surface area contributed by atoms with Gasteiger partial charge in [-0.1, -0.05) is 30.0 Å². The molecule has 2 aromatic rings. The van der Waals surface area contributed by atoms with Crippen LogP contribution in [0.4, 0.5) is 11.4 Å². The Morgan fingerprint density at radius 1 is 1.18 bits per heavy atom. The van der Waals surface area contributed by atoms with Crippen molar-refractivity contribution in [1.29, 1.82) is 0 Å². The molecule has 1 aliphatic rings. The van der Waals surface area contributed by atoms with Crippen molar-refractivity contribution in [2.45, 2.75) is 16.0 Å². The summed E-state index contributed by atoms with van der Waals surface area (Å²) in [6, 6.07) is 11.8. The summed E-state index contributed by atoms with van der Waals surface area (Å²) in [5.74, 6) is 0. The minimum atomic E-state index is -4.65. The number of hydrogen-bond donors (Lipinski definition) is 2. The minimum Gasteiger partial charge on any atom is -0.745 e. The molecule has 1 aliphatic heterocycles. The first-order valence-corrected chi connectivity index (χ1v) is 8.44. The number of nitrogens with one attached hydrogen (secondary N) is 1. The van der Waals surface area contributed by atoms with Crippen molar-refractivity contribution in [3.8, 4) is 0 Å². The van der Waals surface area contributed by atoms with E-state index in [9.17, 15) is 13.0 Å². The molecule has 0 saturated carbocycles. The van der Waals surface area contributed by atoms with Crippen LogP contribution in [0, 0.1) is 6.92 Å². The number of nitrogen functional groups attached to an aromatic ring is 1. The molecular formula is C14H13N2NaO3S2. The van der Waals surface area contributed by atoms with Crippen LogP contribution in [0.2, 0.25) is 0 Å². The fourth-order valence-corrected chi connectivity index (χ4v) is 4.80. The van der Waals surface area contributed by atoms with Gasteiger partial charge in [0.15, 0.2) is 0 Å². The third kappa shape index (κ3) is 2.89. The number of benzene rings is 2. The molecule has 3 rings (SSSR count). The Morgan fingerprint density at radius 2 is 1.82 bits per heavy atom. The van der Waals surface area contributed by atoms with Gasteiger partial charge in [0.05, 0.1) is 5.69 Å². The molecule has 0 spiro atoms. The molecule has 8 heteroatoms. The van der Waals surface area contributed by atoms with E-state index < -0.39 is 14.3 Å². The van der Waals surface area contributed by atoms with Crippen LogP contribution < -0.4 is 40.6 Å². The van der Waals surface area contributed by atoms with Gasteiger partial charge < -0.3 is 15.6 Å². The van der Waals surface area contributed by atoms with Gasteiger partial charge in [-0.2, -0.15) is 0 Å². The Labute approximate surface area is 155 Å². The molecule has 110 valence electrons. The van der Waals surface area contributed by atoms with E-state index in [1.807, 2.05) is 19.1 Å². The van der Waals surface area contributed by atoms with Crippen LogP contribution in [0.15, 0.2) is 47.4 Å². The van der Waals surface area contributed by atoms with E-state index in [1.54, 1.807) is 30.3 Å². The largest absolute Gasteiger partial charge is 1.00 e. The summed E-state index contributed by atoms with van der Waals surface area (Å²) in [7, 11) is -4.65. The summed E-state index contributed by atoms with van der Waals surface area (Å²) in [6.45, 7) is 1.91. The molecule has 1 heterocycles. The van der Waals surface area contributed by atoms with Gasteiger partial charge in [-0.15, -0.1) is 0 Å². The number of thioether (sulfide) groups is 1. The SMILES string of the molecule is Cc1ccc2c(c1)SC(c1ccc(N)cc1)(S(=O)(=O)[O-])N2.[Na+]. The average Bonchev–Trinajstić information content (AvgIpc) is 2.78. The van der Waals surface area contributed by atoms with E-state index in [4.69, 9.17) is 5.73 Å². The summed E-state index contributed by atoms with van der Waals surface area (Å²) < 4.78 is 34.0. The van der Waals surface area contributed by atoms with Crippen LogP contribution in [-0.2, 0) is 14.3 Å². The van der Waals surface area contributed by atoms with Crippen LogP contribution >= 0.6 is 11.8 Å². The standard InChI is InChI=1S/C14H14N2O3S2.Na/c1-9-2-7-12-13(8-9)20-14(16-12,21(17,18)19)10-3-5-11(15)6-4-10;/h2-8,16H,15H2,1H3,(H,17,18,19);/q;+1/p-1. The predicted octanol–water partition coefficient (Wildman–Crippen LogP) is -0.545. The maximum Gasteiger partial charge on any atom is 1.00 e. The van der Waals surface area contributed by atoms with Crippen LogP contribution in [0.1, 0.15) is 11.1 Å². The molecule has 1 unspecified atom stereocenters. The topological polar surface area (TPSA) is 95.2 Å². The number of fused-ring (bicyclic) bond motifs is 1. The average molecular weight is 344 g/mol. The van der Waals surface area contributed by atoms with Crippen molar-refractivity contribution in [2.75, 3.05) is 11.1 Å². The number of nitrogens with two attached hydrogens (primary N) is 1. The Hall–Kier alpha value is -0.700. The van der Waals surface area contributed by atoms with Gasteiger partial charge in [-0.25, -0.2) is 8.42 Å². The Bertz CT molecular complexity index is 809. The normalized spacial score (nSPS) is 19.9. The van der Waals surface area contributed by atoms with Crippen LogP contribution in [-0.4, -0.2) is 13.0 Å². The van der Waals surface area contributed by atoms with E-state index in [0.717, 1.165) is 22.2 Å². The molecule has 0 aliphatic carbocycles. The number of rotatable bonds is 2. The van der Waals surface area contributed by atoms with Gasteiger partial charge in [0, 0.05) is 16.1 Å². The van der Waals surface area contributed by atoms with Crippen LogP contribution in [0.3, 0.4) is 0 Å². The molecule has 0 bridgehead atoms. The van der Waals surface area contributed by atoms with E-state index >= 15 is 0 Å². The number of hydrogen-bond acceptors (Lipinski definition) is 6. The fraction of sp³-hybridized carbons (Fsp3) is 0.143. The van der Waals surface area contributed by atoms with Crippen molar-refractivity contribution < 1.29 is 42.5 Å². The van der Waals surface area contributed by atoms with Gasteiger partial charge >= 0.3 is 29.6 Å². The molecule has 22 heavy (non-hydrogen) atoms. The summed E-state index contributed by atoms with van der Waals surface area (Å²) in [5, 5.41) is 2.87. The first-order valence-electron chi connectivity index (χ1n) is 6.21. The van der Waals surface area contributed by atoms with E-state index in [0.29, 0.717) is 16.9 Å². The van der Waals surface area contributed by atoms with E-state index in [1.165, 1.54) is 0 Å². The second-order valence-corrected chi connectivity index (χ2v) is 7.95. The molecule has 0 saturated heterocycles. The third-order valence-corrected chi connectivity index (χ3v) is 6.42. The van der Waals surface area contributed by atoms with Crippen LogP contribution in [0.25, 0.3) is 0 Å². The molecule has 5 nitrogen and oxygen atoms in total. The second-order valence-electron chi connectivity index (χ2n) is 4.92. The van der Waals surface area contributed by atoms with Gasteiger partial charge in [0.25, 0.3) is 0 Å². The van der Waals surface area contributed by atoms with Gasteiger partial charge in [0.1, 0.15) is 10.1 Å². The number of anilines is 2. The third-order valence-electron chi connectivity index (χ3n) is 3.33. The molecular weight excluding hydrogens is 331 g/mol. The predicted molar refractivity (Wildman–Crippen MR) is 82.9 cm³/mol. The molecule has 0 radical (unpaired) electrons. The molecule has 3 N–H and O–H groups in total. The Morgan fingerprint density at radius 3 is 2.41 bits per heavy atom. The van der Waals surface area contributed by atoms with E-state index in [2.05, 4.69) is 5.32 Å². The zero-order valence-electron chi connectivity index (χ0n) is 12.2. The molecule has 0 aromatic heterocycles.